The zero-order chi connectivity index (χ0) is 23.3. The van der Waals surface area contributed by atoms with Gasteiger partial charge in [0.1, 0.15) is 6.04 Å². The van der Waals surface area contributed by atoms with E-state index in [4.69, 9.17) is 27.9 Å². The molecule has 0 aromatic heterocycles. The van der Waals surface area contributed by atoms with Crippen molar-refractivity contribution in [1.82, 2.24) is 4.72 Å². The second kappa shape index (κ2) is 10.4. The van der Waals surface area contributed by atoms with Crippen LogP contribution in [0.25, 0.3) is 0 Å². The molecule has 0 aliphatic heterocycles. The van der Waals surface area contributed by atoms with E-state index in [0.717, 1.165) is 17.2 Å². The summed E-state index contributed by atoms with van der Waals surface area (Å²) in [6.07, 6.45) is -1.44. The molecular formula is C20H22Cl2N2O6S. The van der Waals surface area contributed by atoms with Crippen molar-refractivity contribution < 1.29 is 27.9 Å². The first-order valence-electron chi connectivity index (χ1n) is 9.10. The molecule has 0 aliphatic rings. The predicted octanol–water partition coefficient (Wildman–Crippen LogP) is 2.82. The van der Waals surface area contributed by atoms with Crippen LogP contribution in [-0.4, -0.2) is 44.2 Å². The summed E-state index contributed by atoms with van der Waals surface area (Å²) in [5, 5.41) is 12.7. The molecule has 2 unspecified atom stereocenters. The minimum absolute atomic E-state index is 0.00354. The third-order valence-electron chi connectivity index (χ3n) is 4.44. The Hall–Kier alpha value is -2.17. The first-order valence-corrected chi connectivity index (χ1v) is 11.3. The standard InChI is InChI=1S/C20H22Cl2N2O6S/c1-11-5-4-6-17(12(11)2)23-18(26)10-30-20(27)19(13(3)25)24-31(28,29)14-7-8-15(21)16(22)9-14/h4-9,13,19,24-25H,10H2,1-3H3,(H,23,26). The fraction of sp³-hybridized carbons (Fsp3) is 0.300. The number of aryl methyl sites for hydroxylation is 1. The monoisotopic (exact) mass is 488 g/mol. The van der Waals surface area contributed by atoms with Crippen LogP contribution in [0.4, 0.5) is 5.69 Å². The first kappa shape index (κ1) is 25.1. The number of hydrogen-bond acceptors (Lipinski definition) is 6. The van der Waals surface area contributed by atoms with Gasteiger partial charge in [-0.1, -0.05) is 35.3 Å². The molecule has 2 aromatic carbocycles. The Labute approximate surface area is 190 Å². The molecule has 2 rings (SSSR count). The number of rotatable bonds is 8. The predicted molar refractivity (Wildman–Crippen MR) is 118 cm³/mol. The maximum Gasteiger partial charge on any atom is 0.327 e. The van der Waals surface area contributed by atoms with E-state index in [2.05, 4.69) is 10.0 Å². The van der Waals surface area contributed by atoms with Crippen LogP contribution in [-0.2, 0) is 24.3 Å². The lowest BCUT2D eigenvalue weighted by atomic mass is 10.1. The molecule has 11 heteroatoms. The molecule has 2 aromatic rings. The molecule has 0 aliphatic carbocycles. The van der Waals surface area contributed by atoms with Crippen LogP contribution in [0.2, 0.25) is 10.0 Å². The molecule has 2 atom stereocenters. The van der Waals surface area contributed by atoms with E-state index < -0.39 is 40.7 Å². The van der Waals surface area contributed by atoms with Crippen molar-refractivity contribution >= 4 is 50.8 Å². The van der Waals surface area contributed by atoms with Crippen molar-refractivity contribution in [2.45, 2.75) is 37.8 Å². The number of amides is 1. The minimum atomic E-state index is -4.24. The summed E-state index contributed by atoms with van der Waals surface area (Å²) >= 11 is 11.6. The second-order valence-electron chi connectivity index (χ2n) is 6.82. The third-order valence-corrected chi connectivity index (χ3v) is 6.62. The fourth-order valence-electron chi connectivity index (χ4n) is 2.52. The zero-order valence-electron chi connectivity index (χ0n) is 17.0. The summed E-state index contributed by atoms with van der Waals surface area (Å²) in [7, 11) is -4.24. The molecule has 0 radical (unpaired) electrons. The van der Waals surface area contributed by atoms with Crippen molar-refractivity contribution in [3.05, 3.63) is 57.6 Å². The molecule has 0 fully saturated rings. The molecule has 0 saturated carbocycles. The molecule has 168 valence electrons. The summed E-state index contributed by atoms with van der Waals surface area (Å²) < 4.78 is 32.1. The highest BCUT2D eigenvalue weighted by Gasteiger charge is 2.31. The lowest BCUT2D eigenvalue weighted by Crippen LogP contribution is -2.48. The molecule has 0 saturated heterocycles. The number of hydrogen-bond donors (Lipinski definition) is 3. The normalized spacial score (nSPS) is 13.4. The van der Waals surface area contributed by atoms with Gasteiger partial charge in [0.25, 0.3) is 5.91 Å². The van der Waals surface area contributed by atoms with Crippen molar-refractivity contribution in [1.29, 1.82) is 0 Å². The Morgan fingerprint density at radius 2 is 1.81 bits per heavy atom. The van der Waals surface area contributed by atoms with E-state index in [9.17, 15) is 23.1 Å². The first-order chi connectivity index (χ1) is 14.4. The summed E-state index contributed by atoms with van der Waals surface area (Å²) in [6, 6.07) is 7.29. The van der Waals surface area contributed by atoms with Gasteiger partial charge < -0.3 is 15.2 Å². The molecular weight excluding hydrogens is 467 g/mol. The molecule has 31 heavy (non-hydrogen) atoms. The van der Waals surface area contributed by atoms with E-state index >= 15 is 0 Å². The van der Waals surface area contributed by atoms with Crippen molar-refractivity contribution in [3.8, 4) is 0 Å². The van der Waals surface area contributed by atoms with E-state index in [1.165, 1.54) is 19.1 Å². The molecule has 0 bridgehead atoms. The van der Waals surface area contributed by atoms with Crippen LogP contribution in [0.3, 0.4) is 0 Å². The minimum Gasteiger partial charge on any atom is -0.454 e. The molecule has 8 nitrogen and oxygen atoms in total. The topological polar surface area (TPSA) is 122 Å². The lowest BCUT2D eigenvalue weighted by Gasteiger charge is -2.20. The largest absolute Gasteiger partial charge is 0.454 e. The highest BCUT2D eigenvalue weighted by molar-refractivity contribution is 7.89. The van der Waals surface area contributed by atoms with Gasteiger partial charge in [0.15, 0.2) is 6.61 Å². The average molecular weight is 489 g/mol. The second-order valence-corrected chi connectivity index (χ2v) is 9.35. The molecule has 0 spiro atoms. The Bertz CT molecular complexity index is 1090. The van der Waals surface area contributed by atoms with Gasteiger partial charge in [0.2, 0.25) is 10.0 Å². The van der Waals surface area contributed by atoms with Gasteiger partial charge in [-0.05, 0) is 56.2 Å². The van der Waals surface area contributed by atoms with Gasteiger partial charge in [-0.2, -0.15) is 4.72 Å². The number of sulfonamides is 1. The summed E-state index contributed by atoms with van der Waals surface area (Å²) in [4.78, 5) is 24.2. The van der Waals surface area contributed by atoms with Gasteiger partial charge in [-0.15, -0.1) is 0 Å². The molecule has 0 heterocycles. The fourth-order valence-corrected chi connectivity index (χ4v) is 4.17. The summed E-state index contributed by atoms with van der Waals surface area (Å²) in [5.41, 5.74) is 2.40. The van der Waals surface area contributed by atoms with Crippen molar-refractivity contribution in [3.63, 3.8) is 0 Å². The van der Waals surface area contributed by atoms with Gasteiger partial charge in [0.05, 0.1) is 21.0 Å². The number of esters is 1. The van der Waals surface area contributed by atoms with E-state index in [-0.39, 0.29) is 14.9 Å². The molecule has 1 amide bonds. The Kier molecular flexibility index (Phi) is 8.44. The van der Waals surface area contributed by atoms with E-state index in [1.54, 1.807) is 12.1 Å². The smallest absolute Gasteiger partial charge is 0.327 e. The van der Waals surface area contributed by atoms with Crippen LogP contribution in [0.1, 0.15) is 18.1 Å². The number of carbonyl (C=O) groups excluding carboxylic acids is 2. The van der Waals surface area contributed by atoms with Gasteiger partial charge in [-0.3, -0.25) is 9.59 Å². The number of nitrogens with one attached hydrogen (secondary N) is 2. The number of carbonyl (C=O) groups is 2. The quantitative estimate of drug-likeness (QED) is 0.491. The van der Waals surface area contributed by atoms with Crippen LogP contribution in [0, 0.1) is 13.8 Å². The third kappa shape index (κ3) is 6.65. The van der Waals surface area contributed by atoms with Crippen LogP contribution in [0.15, 0.2) is 41.3 Å². The van der Waals surface area contributed by atoms with E-state index in [0.29, 0.717) is 5.69 Å². The Morgan fingerprint density at radius 1 is 1.13 bits per heavy atom. The van der Waals surface area contributed by atoms with Crippen LogP contribution < -0.4 is 10.0 Å². The maximum atomic E-state index is 12.6. The van der Waals surface area contributed by atoms with Gasteiger partial charge in [-0.25, -0.2) is 8.42 Å². The Morgan fingerprint density at radius 3 is 2.42 bits per heavy atom. The summed E-state index contributed by atoms with van der Waals surface area (Å²) in [5.74, 6) is -1.73. The number of halogens is 2. The van der Waals surface area contributed by atoms with Gasteiger partial charge in [0, 0.05) is 5.69 Å². The van der Waals surface area contributed by atoms with Crippen molar-refractivity contribution in [2.75, 3.05) is 11.9 Å². The maximum absolute atomic E-state index is 12.6. The zero-order valence-corrected chi connectivity index (χ0v) is 19.3. The number of anilines is 1. The van der Waals surface area contributed by atoms with E-state index in [1.807, 2.05) is 19.9 Å². The average Bonchev–Trinajstić information content (AvgIpc) is 2.69. The Balaban J connectivity index is 2.05. The number of ether oxygens (including phenoxy) is 1. The number of aliphatic hydroxyl groups is 1. The summed E-state index contributed by atoms with van der Waals surface area (Å²) in [6.45, 7) is 4.26. The SMILES string of the molecule is Cc1cccc(NC(=O)COC(=O)C(NS(=O)(=O)c2ccc(Cl)c(Cl)c2)C(C)O)c1C. The van der Waals surface area contributed by atoms with Crippen LogP contribution >= 0.6 is 23.2 Å². The number of aliphatic hydroxyl groups excluding tert-OH is 1. The van der Waals surface area contributed by atoms with Crippen LogP contribution in [0.5, 0.6) is 0 Å². The van der Waals surface area contributed by atoms with Gasteiger partial charge >= 0.3 is 5.97 Å². The molecule has 3 N–H and O–H groups in total. The highest BCUT2D eigenvalue weighted by atomic mass is 35.5. The van der Waals surface area contributed by atoms with Crippen molar-refractivity contribution in [2.24, 2.45) is 0 Å². The lowest BCUT2D eigenvalue weighted by molar-refractivity contribution is -0.151. The number of benzene rings is 2. The highest BCUT2D eigenvalue weighted by Crippen LogP contribution is 2.25.